The summed E-state index contributed by atoms with van der Waals surface area (Å²) in [6, 6.07) is 0.640. The molecule has 2 aliphatic rings. The summed E-state index contributed by atoms with van der Waals surface area (Å²) < 4.78 is 10.4. The number of piperidine rings is 1. The van der Waals surface area contributed by atoms with Crippen LogP contribution in [0.5, 0.6) is 0 Å². The molecule has 2 fully saturated rings. The number of esters is 1. The molecule has 0 aromatic heterocycles. The van der Waals surface area contributed by atoms with E-state index in [4.69, 9.17) is 9.47 Å². The van der Waals surface area contributed by atoms with Crippen LogP contribution in [0, 0.1) is 5.92 Å². The van der Waals surface area contributed by atoms with Crippen LogP contribution >= 0.6 is 0 Å². The highest BCUT2D eigenvalue weighted by molar-refractivity contribution is 5.70. The molecule has 132 valence electrons. The summed E-state index contributed by atoms with van der Waals surface area (Å²) in [7, 11) is 0. The number of carbonyl (C=O) groups is 2. The molecule has 0 radical (unpaired) electrons. The Bertz CT molecular complexity index is 429. The molecule has 2 unspecified atom stereocenters. The van der Waals surface area contributed by atoms with E-state index in [1.54, 1.807) is 0 Å². The van der Waals surface area contributed by atoms with Crippen LogP contribution in [0.4, 0.5) is 4.79 Å². The molecule has 6 heteroatoms. The third-order valence-electron chi connectivity index (χ3n) is 4.11. The first kappa shape index (κ1) is 18.0. The molecule has 0 aromatic rings. The molecule has 1 amide bonds. The van der Waals surface area contributed by atoms with Gasteiger partial charge in [0.2, 0.25) is 0 Å². The molecule has 1 aliphatic carbocycles. The Kier molecular flexibility index (Phi) is 5.89. The summed E-state index contributed by atoms with van der Waals surface area (Å²) in [4.78, 5) is 26.2. The maximum Gasteiger partial charge on any atom is 0.407 e. The largest absolute Gasteiger partial charge is 0.466 e. The summed E-state index contributed by atoms with van der Waals surface area (Å²) in [5.41, 5.74) is -0.501. The van der Waals surface area contributed by atoms with Crippen LogP contribution < -0.4 is 5.32 Å². The summed E-state index contributed by atoms with van der Waals surface area (Å²) in [5, 5.41) is 2.97. The standard InChI is InChI=1S/C17H30N2O4/c1-5-22-15(20)9-12-8-13(11-19(10-12)14-6-7-14)18-16(21)23-17(2,3)4/h12-14H,5-11H2,1-4H3,(H,18,21). The number of likely N-dealkylation sites (tertiary alicyclic amines) is 1. The molecule has 1 N–H and O–H groups in total. The first-order valence-corrected chi connectivity index (χ1v) is 8.66. The first-order valence-electron chi connectivity index (χ1n) is 8.66. The molecule has 0 spiro atoms. The molecule has 0 bridgehead atoms. The fraction of sp³-hybridized carbons (Fsp3) is 0.882. The summed E-state index contributed by atoms with van der Waals surface area (Å²) in [6.07, 6.45) is 3.26. The molecule has 0 aromatic carbocycles. The van der Waals surface area contributed by atoms with Gasteiger partial charge >= 0.3 is 12.1 Å². The summed E-state index contributed by atoms with van der Waals surface area (Å²) in [6.45, 7) is 9.55. The van der Waals surface area contributed by atoms with Crippen molar-refractivity contribution in [3.05, 3.63) is 0 Å². The number of carbonyl (C=O) groups excluding carboxylic acids is 2. The quantitative estimate of drug-likeness (QED) is 0.785. The van der Waals surface area contributed by atoms with Gasteiger partial charge in [0.25, 0.3) is 0 Å². The number of ether oxygens (including phenoxy) is 2. The topological polar surface area (TPSA) is 67.9 Å². The van der Waals surface area contributed by atoms with Crippen molar-refractivity contribution in [1.29, 1.82) is 0 Å². The maximum atomic E-state index is 12.0. The van der Waals surface area contributed by atoms with Gasteiger partial charge in [-0.25, -0.2) is 4.79 Å². The highest BCUT2D eigenvalue weighted by Crippen LogP contribution is 2.32. The van der Waals surface area contributed by atoms with Crippen molar-refractivity contribution in [1.82, 2.24) is 10.2 Å². The third kappa shape index (κ3) is 6.37. The lowest BCUT2D eigenvalue weighted by atomic mass is 9.91. The van der Waals surface area contributed by atoms with Gasteiger partial charge in [0.05, 0.1) is 6.61 Å². The number of hydrogen-bond acceptors (Lipinski definition) is 5. The number of alkyl carbamates (subject to hydrolysis) is 1. The number of nitrogens with one attached hydrogen (secondary N) is 1. The Hall–Kier alpha value is -1.30. The molecule has 1 saturated heterocycles. The van der Waals surface area contributed by atoms with Crippen LogP contribution in [-0.4, -0.2) is 54.3 Å². The van der Waals surface area contributed by atoms with Crippen LogP contribution in [0.1, 0.15) is 53.4 Å². The van der Waals surface area contributed by atoms with Gasteiger partial charge in [-0.05, 0) is 52.9 Å². The first-order chi connectivity index (χ1) is 10.8. The Morgan fingerprint density at radius 1 is 1.22 bits per heavy atom. The van der Waals surface area contributed by atoms with Crippen molar-refractivity contribution < 1.29 is 19.1 Å². The number of amides is 1. The molecule has 6 nitrogen and oxygen atoms in total. The molecule has 1 heterocycles. The minimum atomic E-state index is -0.501. The van der Waals surface area contributed by atoms with Crippen LogP contribution in [0.15, 0.2) is 0 Å². The Balaban J connectivity index is 1.90. The van der Waals surface area contributed by atoms with Crippen LogP contribution in [-0.2, 0) is 14.3 Å². The molecular formula is C17H30N2O4. The van der Waals surface area contributed by atoms with Crippen molar-refractivity contribution in [2.24, 2.45) is 5.92 Å². The van der Waals surface area contributed by atoms with Crippen molar-refractivity contribution >= 4 is 12.1 Å². The molecule has 1 saturated carbocycles. The number of nitrogens with zero attached hydrogens (tertiary/aromatic N) is 1. The predicted octanol–water partition coefficient (Wildman–Crippen LogP) is 2.32. The van der Waals surface area contributed by atoms with Gasteiger partial charge < -0.3 is 14.8 Å². The average Bonchev–Trinajstić information content (AvgIpc) is 3.19. The molecule has 2 rings (SSSR count). The van der Waals surface area contributed by atoms with E-state index in [-0.39, 0.29) is 24.0 Å². The van der Waals surface area contributed by atoms with Gasteiger partial charge in [0.1, 0.15) is 5.60 Å². The molecule has 2 atom stereocenters. The fourth-order valence-corrected chi connectivity index (χ4v) is 3.16. The van der Waals surface area contributed by atoms with E-state index in [9.17, 15) is 9.59 Å². The molecular weight excluding hydrogens is 296 g/mol. The van der Waals surface area contributed by atoms with Gasteiger partial charge in [-0.15, -0.1) is 0 Å². The SMILES string of the molecule is CCOC(=O)CC1CC(NC(=O)OC(C)(C)C)CN(C2CC2)C1. The zero-order valence-corrected chi connectivity index (χ0v) is 14.8. The van der Waals surface area contributed by atoms with Gasteiger partial charge in [-0.3, -0.25) is 9.69 Å². The van der Waals surface area contributed by atoms with E-state index < -0.39 is 5.60 Å². The van der Waals surface area contributed by atoms with Crippen LogP contribution in [0.25, 0.3) is 0 Å². The monoisotopic (exact) mass is 326 g/mol. The average molecular weight is 326 g/mol. The lowest BCUT2D eigenvalue weighted by Gasteiger charge is -2.38. The summed E-state index contributed by atoms with van der Waals surface area (Å²) >= 11 is 0. The van der Waals surface area contributed by atoms with E-state index in [0.717, 1.165) is 19.5 Å². The smallest absolute Gasteiger partial charge is 0.407 e. The number of hydrogen-bond donors (Lipinski definition) is 1. The van der Waals surface area contributed by atoms with Crippen molar-refractivity contribution in [2.45, 2.75) is 71.1 Å². The normalized spacial score (nSPS) is 25.7. The lowest BCUT2D eigenvalue weighted by molar-refractivity contribution is -0.144. The Morgan fingerprint density at radius 2 is 1.91 bits per heavy atom. The van der Waals surface area contributed by atoms with E-state index in [1.807, 2.05) is 27.7 Å². The predicted molar refractivity (Wildman–Crippen MR) is 87.1 cm³/mol. The van der Waals surface area contributed by atoms with E-state index >= 15 is 0 Å². The second-order valence-electron chi connectivity index (χ2n) is 7.64. The highest BCUT2D eigenvalue weighted by Gasteiger charge is 2.37. The molecule has 1 aliphatic heterocycles. The van der Waals surface area contributed by atoms with Crippen molar-refractivity contribution in [2.75, 3.05) is 19.7 Å². The third-order valence-corrected chi connectivity index (χ3v) is 4.11. The zero-order chi connectivity index (χ0) is 17.0. The van der Waals surface area contributed by atoms with Gasteiger partial charge in [-0.1, -0.05) is 0 Å². The van der Waals surface area contributed by atoms with Gasteiger partial charge in [0.15, 0.2) is 0 Å². The lowest BCUT2D eigenvalue weighted by Crippen LogP contribution is -2.52. The van der Waals surface area contributed by atoms with E-state index in [2.05, 4.69) is 10.2 Å². The van der Waals surface area contributed by atoms with E-state index in [0.29, 0.717) is 19.1 Å². The van der Waals surface area contributed by atoms with Crippen molar-refractivity contribution in [3.8, 4) is 0 Å². The Morgan fingerprint density at radius 3 is 2.48 bits per heavy atom. The van der Waals surface area contributed by atoms with E-state index in [1.165, 1.54) is 12.8 Å². The highest BCUT2D eigenvalue weighted by atomic mass is 16.6. The fourth-order valence-electron chi connectivity index (χ4n) is 3.16. The Labute approximate surface area is 138 Å². The van der Waals surface area contributed by atoms with Gasteiger partial charge in [0, 0.05) is 31.6 Å². The minimum absolute atomic E-state index is 0.0265. The van der Waals surface area contributed by atoms with Crippen molar-refractivity contribution in [3.63, 3.8) is 0 Å². The minimum Gasteiger partial charge on any atom is -0.466 e. The van der Waals surface area contributed by atoms with Crippen LogP contribution in [0.2, 0.25) is 0 Å². The summed E-state index contributed by atoms with van der Waals surface area (Å²) in [5.74, 6) is 0.0782. The second-order valence-corrected chi connectivity index (χ2v) is 7.64. The number of rotatable bonds is 5. The maximum absolute atomic E-state index is 12.0. The zero-order valence-electron chi connectivity index (χ0n) is 14.8. The van der Waals surface area contributed by atoms with Gasteiger partial charge in [-0.2, -0.15) is 0 Å². The van der Waals surface area contributed by atoms with Crippen LogP contribution in [0.3, 0.4) is 0 Å². The molecule has 23 heavy (non-hydrogen) atoms. The second kappa shape index (κ2) is 7.51.